The van der Waals surface area contributed by atoms with E-state index in [1.54, 1.807) is 6.92 Å². The third-order valence-corrected chi connectivity index (χ3v) is 7.25. The van der Waals surface area contributed by atoms with Crippen molar-refractivity contribution in [3.8, 4) is 0 Å². The first-order valence-corrected chi connectivity index (χ1v) is 9.50. The molecular formula is C14H21FN6O2S. The second-order valence-corrected chi connectivity index (χ2v) is 8.76. The van der Waals surface area contributed by atoms with Crippen LogP contribution in [-0.4, -0.2) is 44.2 Å². The molecule has 24 heavy (non-hydrogen) atoms. The van der Waals surface area contributed by atoms with Gasteiger partial charge in [-0.05, 0) is 31.9 Å². The molecule has 0 saturated carbocycles. The maximum atomic E-state index is 14.3. The molecule has 2 atom stereocenters. The van der Waals surface area contributed by atoms with Gasteiger partial charge in [0.15, 0.2) is 0 Å². The number of primary amides is 1. The summed E-state index contributed by atoms with van der Waals surface area (Å²) in [6.45, 7) is 2.19. The van der Waals surface area contributed by atoms with Crippen molar-refractivity contribution in [1.29, 1.82) is 0 Å². The van der Waals surface area contributed by atoms with Crippen molar-refractivity contribution in [3.63, 3.8) is 0 Å². The van der Waals surface area contributed by atoms with Crippen molar-refractivity contribution in [2.75, 3.05) is 12.3 Å². The molecule has 1 aromatic rings. The van der Waals surface area contributed by atoms with Gasteiger partial charge in [0, 0.05) is 16.8 Å². The Morgan fingerprint density at radius 2 is 2.29 bits per heavy atom. The monoisotopic (exact) mass is 356 g/mol. The fourth-order valence-corrected chi connectivity index (χ4v) is 5.89. The minimum Gasteiger partial charge on any atom is -0.364 e. The van der Waals surface area contributed by atoms with Crippen LogP contribution in [-0.2, 0) is 15.8 Å². The number of hydrogen-bond acceptors (Lipinski definition) is 5. The van der Waals surface area contributed by atoms with E-state index in [1.807, 2.05) is 0 Å². The molecule has 0 radical (unpaired) electrons. The lowest BCUT2D eigenvalue weighted by Gasteiger charge is -2.45. The van der Waals surface area contributed by atoms with Crippen LogP contribution in [0.25, 0.3) is 0 Å². The molecule has 0 bridgehead atoms. The molecule has 0 spiro atoms. The van der Waals surface area contributed by atoms with E-state index in [0.29, 0.717) is 13.0 Å². The van der Waals surface area contributed by atoms with E-state index in [9.17, 15) is 13.4 Å². The number of carbonyl (C=O) groups is 1. The van der Waals surface area contributed by atoms with Gasteiger partial charge < -0.3 is 11.5 Å². The van der Waals surface area contributed by atoms with E-state index in [2.05, 4.69) is 14.7 Å². The highest BCUT2D eigenvalue weighted by Gasteiger charge is 2.43. The average molecular weight is 356 g/mol. The molecule has 5 N–H and O–H groups in total. The van der Waals surface area contributed by atoms with E-state index >= 15 is 0 Å². The van der Waals surface area contributed by atoms with Crippen LogP contribution in [0.2, 0.25) is 0 Å². The van der Waals surface area contributed by atoms with Crippen LogP contribution in [0.5, 0.6) is 0 Å². The number of amides is 1. The summed E-state index contributed by atoms with van der Waals surface area (Å²) in [5.74, 6) is -1.36. The molecule has 3 rings (SSSR count). The number of rotatable bonds is 2. The van der Waals surface area contributed by atoms with Gasteiger partial charge in [-0.25, -0.2) is 14.1 Å². The highest BCUT2D eigenvalue weighted by atomic mass is 32.3. The summed E-state index contributed by atoms with van der Waals surface area (Å²) >= 11 is 0. The summed E-state index contributed by atoms with van der Waals surface area (Å²) in [4.78, 5) is 19.7. The molecule has 132 valence electrons. The van der Waals surface area contributed by atoms with Crippen molar-refractivity contribution in [3.05, 3.63) is 29.3 Å². The number of halogens is 1. The van der Waals surface area contributed by atoms with E-state index in [4.69, 9.17) is 11.5 Å². The minimum atomic E-state index is -3.08. The SMILES string of the molecule is C[C@@]1(c2nc(C(N)=O)ccc2F)C[SH]2(=O)NCCCC(N)N2C=N1. The highest BCUT2D eigenvalue weighted by molar-refractivity contribution is 7.99. The molecule has 1 saturated heterocycles. The van der Waals surface area contributed by atoms with E-state index in [-0.39, 0.29) is 17.1 Å². The number of aliphatic imine (C=N–C) groups is 1. The third-order valence-electron chi connectivity index (χ3n) is 4.34. The largest absolute Gasteiger partial charge is 0.364 e. The Morgan fingerprint density at radius 1 is 1.54 bits per heavy atom. The van der Waals surface area contributed by atoms with Crippen molar-refractivity contribution >= 4 is 22.6 Å². The Hall–Kier alpha value is -1.91. The molecule has 3 heterocycles. The number of nitrogens with zero attached hydrogens (tertiary/aromatic N) is 3. The Labute approximate surface area is 140 Å². The number of pyridine rings is 1. The zero-order valence-electron chi connectivity index (χ0n) is 13.3. The van der Waals surface area contributed by atoms with Gasteiger partial charge in [-0.3, -0.25) is 18.3 Å². The first-order chi connectivity index (χ1) is 11.3. The lowest BCUT2D eigenvalue weighted by atomic mass is 9.99. The lowest BCUT2D eigenvalue weighted by Crippen LogP contribution is -2.59. The summed E-state index contributed by atoms with van der Waals surface area (Å²) in [5.41, 5.74) is 10.00. The molecular weight excluding hydrogens is 335 g/mol. The third kappa shape index (κ3) is 2.80. The van der Waals surface area contributed by atoms with Gasteiger partial charge in [0.25, 0.3) is 5.91 Å². The number of nitrogens with two attached hydrogens (primary N) is 2. The van der Waals surface area contributed by atoms with Gasteiger partial charge in [-0.2, -0.15) is 0 Å². The van der Waals surface area contributed by atoms with E-state index in [0.717, 1.165) is 12.5 Å². The second-order valence-electron chi connectivity index (χ2n) is 6.27. The number of carbonyl (C=O) groups excluding carboxylic acids is 1. The Kier molecular flexibility index (Phi) is 4.14. The fourth-order valence-electron chi connectivity index (χ4n) is 3.06. The van der Waals surface area contributed by atoms with Gasteiger partial charge >= 0.3 is 0 Å². The number of nitrogens with one attached hydrogen (secondary N) is 1. The van der Waals surface area contributed by atoms with Crippen LogP contribution in [0.1, 0.15) is 35.9 Å². The molecule has 1 amide bonds. The molecule has 1 aromatic heterocycles. The highest BCUT2D eigenvalue weighted by Crippen LogP contribution is 2.35. The van der Waals surface area contributed by atoms with Crippen molar-refractivity contribution in [2.24, 2.45) is 16.5 Å². The van der Waals surface area contributed by atoms with Crippen molar-refractivity contribution < 1.29 is 13.4 Å². The number of fused-ring (bicyclic) bond motifs is 1. The van der Waals surface area contributed by atoms with Crippen LogP contribution in [0.15, 0.2) is 17.1 Å². The summed E-state index contributed by atoms with van der Waals surface area (Å²) in [7, 11) is -3.08. The predicted octanol–water partition coefficient (Wildman–Crippen LogP) is -0.606. The van der Waals surface area contributed by atoms with E-state index < -0.39 is 33.7 Å². The Morgan fingerprint density at radius 3 is 3.00 bits per heavy atom. The fraction of sp³-hybridized carbons (Fsp3) is 0.500. The van der Waals surface area contributed by atoms with Crippen LogP contribution >= 0.6 is 0 Å². The van der Waals surface area contributed by atoms with Gasteiger partial charge in [0.1, 0.15) is 22.7 Å². The molecule has 8 nitrogen and oxygen atoms in total. The lowest BCUT2D eigenvalue weighted by molar-refractivity contribution is 0.0995. The molecule has 2 aliphatic heterocycles. The quantitative estimate of drug-likeness (QED) is 0.527. The molecule has 0 aliphatic carbocycles. The first-order valence-electron chi connectivity index (χ1n) is 7.66. The predicted molar refractivity (Wildman–Crippen MR) is 90.0 cm³/mol. The van der Waals surface area contributed by atoms with Crippen molar-refractivity contribution in [2.45, 2.75) is 31.5 Å². The zero-order valence-corrected chi connectivity index (χ0v) is 14.2. The normalized spacial score (nSPS) is 30.3. The molecule has 1 fully saturated rings. The maximum Gasteiger partial charge on any atom is 0.267 e. The molecule has 10 heteroatoms. The molecule has 0 aromatic carbocycles. The average Bonchev–Trinajstić information content (AvgIpc) is 2.65. The van der Waals surface area contributed by atoms with Crippen molar-refractivity contribution in [1.82, 2.24) is 14.0 Å². The maximum absolute atomic E-state index is 14.3. The van der Waals surface area contributed by atoms with Gasteiger partial charge in [-0.1, -0.05) is 0 Å². The van der Waals surface area contributed by atoms with Crippen LogP contribution in [0.3, 0.4) is 0 Å². The zero-order chi connectivity index (χ0) is 17.5. The second kappa shape index (κ2) is 5.87. The first kappa shape index (κ1) is 16.9. The van der Waals surface area contributed by atoms with Gasteiger partial charge in [0.05, 0.1) is 18.3 Å². The number of aromatic nitrogens is 1. The molecule has 2 aliphatic rings. The minimum absolute atomic E-state index is 0.0241. The van der Waals surface area contributed by atoms with E-state index in [1.165, 1.54) is 16.7 Å². The molecule has 1 unspecified atom stereocenters. The summed E-state index contributed by atoms with van der Waals surface area (Å²) in [6.07, 6.45) is 2.47. The summed E-state index contributed by atoms with van der Waals surface area (Å²) < 4.78 is 32.3. The van der Waals surface area contributed by atoms with Crippen LogP contribution in [0, 0.1) is 5.82 Å². The number of thiol groups is 1. The Balaban J connectivity index is 2.06. The van der Waals surface area contributed by atoms with Gasteiger partial charge in [0.2, 0.25) is 0 Å². The standard InChI is InChI=1S/C14H21FN6O2S/c1-14(12-9(15)4-5-10(20-12)13(17)22)7-24(23)19-6-2-3-11(16)21(24)8-18-14/h4-5,8,11,24H,2-3,6-7,16H2,1H3,(H2,17,22)(H,19,23)/t11?,14-/m0/s1. The summed E-state index contributed by atoms with van der Waals surface area (Å²) in [5, 5.41) is 0. The van der Waals surface area contributed by atoms with Crippen LogP contribution < -0.4 is 16.2 Å². The Bertz CT molecular complexity index is 757. The smallest absolute Gasteiger partial charge is 0.267 e. The van der Waals surface area contributed by atoms with Gasteiger partial charge in [-0.15, -0.1) is 0 Å². The summed E-state index contributed by atoms with van der Waals surface area (Å²) in [6, 6.07) is 2.34. The topological polar surface area (TPSA) is 127 Å². The van der Waals surface area contributed by atoms with Crippen LogP contribution in [0.4, 0.5) is 4.39 Å². The number of hydrogen-bond donors (Lipinski definition) is 4.